The Hall–Kier alpha value is -2.06. The lowest BCUT2D eigenvalue weighted by Crippen LogP contribution is -2.21. The standard InChI is InChI=1S/C19H22N2/c1-2-17(20)13-16-9-6-10-19-18(16)11-12-21(19)14-15-7-4-3-5-8-15/h3-12,17H,2,13-14,20H2,1H3. The number of hydrogen-bond acceptors (Lipinski definition) is 1. The highest BCUT2D eigenvalue weighted by atomic mass is 14.9. The second kappa shape index (κ2) is 6.15. The van der Waals surface area contributed by atoms with Gasteiger partial charge in [0.25, 0.3) is 0 Å². The molecule has 0 saturated heterocycles. The molecular weight excluding hydrogens is 256 g/mol. The summed E-state index contributed by atoms with van der Waals surface area (Å²) >= 11 is 0. The fourth-order valence-corrected chi connectivity index (χ4v) is 2.81. The van der Waals surface area contributed by atoms with Crippen LogP contribution in [0.3, 0.4) is 0 Å². The van der Waals surface area contributed by atoms with Gasteiger partial charge < -0.3 is 10.3 Å². The number of aromatic nitrogens is 1. The summed E-state index contributed by atoms with van der Waals surface area (Å²) in [5, 5.41) is 1.33. The largest absolute Gasteiger partial charge is 0.343 e. The molecule has 108 valence electrons. The van der Waals surface area contributed by atoms with E-state index in [2.05, 4.69) is 72.3 Å². The van der Waals surface area contributed by atoms with Gasteiger partial charge in [-0.1, -0.05) is 49.4 Å². The molecule has 0 radical (unpaired) electrons. The van der Waals surface area contributed by atoms with E-state index in [-0.39, 0.29) is 6.04 Å². The van der Waals surface area contributed by atoms with Crippen LogP contribution in [0, 0.1) is 0 Å². The molecule has 0 aliphatic rings. The van der Waals surface area contributed by atoms with Gasteiger partial charge in [0.05, 0.1) is 0 Å². The van der Waals surface area contributed by atoms with Crippen molar-refractivity contribution in [2.45, 2.75) is 32.4 Å². The fraction of sp³-hybridized carbons (Fsp3) is 0.263. The summed E-state index contributed by atoms with van der Waals surface area (Å²) in [6.07, 6.45) is 4.14. The van der Waals surface area contributed by atoms with Crippen molar-refractivity contribution >= 4 is 10.9 Å². The number of rotatable bonds is 5. The third kappa shape index (κ3) is 3.01. The summed E-state index contributed by atoms with van der Waals surface area (Å²) in [6, 6.07) is 19.6. The maximum absolute atomic E-state index is 6.12. The minimum Gasteiger partial charge on any atom is -0.343 e. The van der Waals surface area contributed by atoms with Gasteiger partial charge in [-0.15, -0.1) is 0 Å². The lowest BCUT2D eigenvalue weighted by Gasteiger charge is -2.11. The molecule has 0 bridgehead atoms. The third-order valence-electron chi connectivity index (χ3n) is 4.11. The van der Waals surface area contributed by atoms with Crippen molar-refractivity contribution in [1.82, 2.24) is 4.57 Å². The van der Waals surface area contributed by atoms with Gasteiger partial charge in [0.15, 0.2) is 0 Å². The van der Waals surface area contributed by atoms with Gasteiger partial charge in [0, 0.05) is 29.7 Å². The number of fused-ring (bicyclic) bond motifs is 1. The maximum atomic E-state index is 6.12. The highest BCUT2D eigenvalue weighted by Gasteiger charge is 2.08. The lowest BCUT2D eigenvalue weighted by molar-refractivity contribution is 0.649. The van der Waals surface area contributed by atoms with Crippen LogP contribution in [-0.4, -0.2) is 10.6 Å². The molecule has 21 heavy (non-hydrogen) atoms. The molecule has 0 saturated carbocycles. The van der Waals surface area contributed by atoms with Crippen LogP contribution in [0.1, 0.15) is 24.5 Å². The Bertz CT molecular complexity index is 713. The molecule has 1 unspecified atom stereocenters. The molecule has 1 atom stereocenters. The normalized spacial score (nSPS) is 12.7. The lowest BCUT2D eigenvalue weighted by atomic mass is 10.0. The van der Waals surface area contributed by atoms with Crippen LogP contribution < -0.4 is 5.73 Å². The smallest absolute Gasteiger partial charge is 0.0486 e. The van der Waals surface area contributed by atoms with Crippen LogP contribution in [0.5, 0.6) is 0 Å². The zero-order valence-corrected chi connectivity index (χ0v) is 12.5. The van der Waals surface area contributed by atoms with Crippen LogP contribution in [0.15, 0.2) is 60.8 Å². The Morgan fingerprint density at radius 3 is 2.57 bits per heavy atom. The van der Waals surface area contributed by atoms with Crippen LogP contribution in [0.2, 0.25) is 0 Å². The number of nitrogens with zero attached hydrogens (tertiary/aromatic N) is 1. The number of nitrogens with two attached hydrogens (primary N) is 1. The molecule has 1 aromatic heterocycles. The van der Waals surface area contributed by atoms with E-state index in [0.717, 1.165) is 19.4 Å². The van der Waals surface area contributed by atoms with E-state index in [1.807, 2.05) is 0 Å². The van der Waals surface area contributed by atoms with Gasteiger partial charge in [-0.2, -0.15) is 0 Å². The number of benzene rings is 2. The summed E-state index contributed by atoms with van der Waals surface area (Å²) in [5.41, 5.74) is 10.1. The summed E-state index contributed by atoms with van der Waals surface area (Å²) < 4.78 is 2.31. The molecule has 2 nitrogen and oxygen atoms in total. The van der Waals surface area contributed by atoms with Crippen molar-refractivity contribution in [3.05, 3.63) is 71.9 Å². The first kappa shape index (κ1) is 13.9. The summed E-state index contributed by atoms with van der Waals surface area (Å²) in [6.45, 7) is 3.05. The van der Waals surface area contributed by atoms with Crippen molar-refractivity contribution in [2.24, 2.45) is 5.73 Å². The molecule has 0 spiro atoms. The SMILES string of the molecule is CCC(N)Cc1cccc2c1ccn2Cc1ccccc1. The van der Waals surface area contributed by atoms with E-state index in [1.54, 1.807) is 0 Å². The van der Waals surface area contributed by atoms with E-state index < -0.39 is 0 Å². The van der Waals surface area contributed by atoms with Crippen molar-refractivity contribution in [2.75, 3.05) is 0 Å². The molecule has 2 heteroatoms. The molecule has 0 aliphatic heterocycles. The Morgan fingerprint density at radius 2 is 1.81 bits per heavy atom. The molecule has 0 fully saturated rings. The van der Waals surface area contributed by atoms with Gasteiger partial charge in [-0.05, 0) is 36.1 Å². The van der Waals surface area contributed by atoms with Crippen LogP contribution in [-0.2, 0) is 13.0 Å². The van der Waals surface area contributed by atoms with E-state index >= 15 is 0 Å². The van der Waals surface area contributed by atoms with Crippen LogP contribution in [0.25, 0.3) is 10.9 Å². The Morgan fingerprint density at radius 1 is 1.00 bits per heavy atom. The van der Waals surface area contributed by atoms with Crippen LogP contribution in [0.4, 0.5) is 0 Å². The first-order chi connectivity index (χ1) is 10.3. The highest BCUT2D eigenvalue weighted by Crippen LogP contribution is 2.22. The van der Waals surface area contributed by atoms with Crippen molar-refractivity contribution in [1.29, 1.82) is 0 Å². The zero-order chi connectivity index (χ0) is 14.7. The van der Waals surface area contributed by atoms with E-state index in [0.29, 0.717) is 0 Å². The number of hydrogen-bond donors (Lipinski definition) is 1. The minimum atomic E-state index is 0.244. The maximum Gasteiger partial charge on any atom is 0.0486 e. The van der Waals surface area contributed by atoms with Gasteiger partial charge >= 0.3 is 0 Å². The molecule has 2 aromatic carbocycles. The van der Waals surface area contributed by atoms with Crippen molar-refractivity contribution < 1.29 is 0 Å². The first-order valence-corrected chi connectivity index (χ1v) is 7.64. The fourth-order valence-electron chi connectivity index (χ4n) is 2.81. The average molecular weight is 278 g/mol. The Labute approximate surface area is 126 Å². The van der Waals surface area contributed by atoms with Gasteiger partial charge in [-0.25, -0.2) is 0 Å². The molecule has 0 amide bonds. The summed E-state index contributed by atoms with van der Waals surface area (Å²) in [5.74, 6) is 0. The minimum absolute atomic E-state index is 0.244. The monoisotopic (exact) mass is 278 g/mol. The second-order valence-corrected chi connectivity index (χ2v) is 5.65. The molecular formula is C19H22N2. The van der Waals surface area contributed by atoms with E-state index in [4.69, 9.17) is 5.73 Å². The predicted octanol–water partition coefficient (Wildman–Crippen LogP) is 3.97. The van der Waals surface area contributed by atoms with Gasteiger partial charge in [0.2, 0.25) is 0 Å². The molecule has 0 aliphatic carbocycles. The van der Waals surface area contributed by atoms with E-state index in [9.17, 15) is 0 Å². The highest BCUT2D eigenvalue weighted by molar-refractivity contribution is 5.83. The molecule has 3 aromatic rings. The zero-order valence-electron chi connectivity index (χ0n) is 12.5. The average Bonchev–Trinajstić information content (AvgIpc) is 2.92. The van der Waals surface area contributed by atoms with Crippen molar-refractivity contribution in [3.63, 3.8) is 0 Å². The molecule has 2 N–H and O–H groups in total. The predicted molar refractivity (Wildman–Crippen MR) is 89.5 cm³/mol. The van der Waals surface area contributed by atoms with E-state index in [1.165, 1.54) is 22.0 Å². The summed E-state index contributed by atoms with van der Waals surface area (Å²) in [4.78, 5) is 0. The third-order valence-corrected chi connectivity index (χ3v) is 4.11. The second-order valence-electron chi connectivity index (χ2n) is 5.65. The Kier molecular flexibility index (Phi) is 4.07. The molecule has 1 heterocycles. The first-order valence-electron chi connectivity index (χ1n) is 7.64. The van der Waals surface area contributed by atoms with Gasteiger partial charge in [0.1, 0.15) is 0 Å². The summed E-state index contributed by atoms with van der Waals surface area (Å²) in [7, 11) is 0. The quantitative estimate of drug-likeness (QED) is 0.752. The van der Waals surface area contributed by atoms with Gasteiger partial charge in [-0.3, -0.25) is 0 Å². The van der Waals surface area contributed by atoms with Crippen molar-refractivity contribution in [3.8, 4) is 0 Å². The van der Waals surface area contributed by atoms with Crippen LogP contribution >= 0.6 is 0 Å². The topological polar surface area (TPSA) is 30.9 Å². The molecule has 3 rings (SSSR count). The Balaban J connectivity index is 1.93.